The van der Waals surface area contributed by atoms with Gasteiger partial charge in [-0.2, -0.15) is 0 Å². The summed E-state index contributed by atoms with van der Waals surface area (Å²) in [5.41, 5.74) is 1.62. The van der Waals surface area contributed by atoms with E-state index in [9.17, 15) is 9.59 Å². The van der Waals surface area contributed by atoms with Crippen LogP contribution in [-0.4, -0.2) is 60.5 Å². The summed E-state index contributed by atoms with van der Waals surface area (Å²) < 4.78 is 17.3. The second kappa shape index (κ2) is 9.87. The fourth-order valence-corrected chi connectivity index (χ4v) is 4.08. The van der Waals surface area contributed by atoms with Crippen LogP contribution >= 0.6 is 0 Å². The minimum atomic E-state index is -0.664. The highest BCUT2D eigenvalue weighted by Gasteiger charge is 2.33. The lowest BCUT2D eigenvalue weighted by Gasteiger charge is -2.37. The summed E-state index contributed by atoms with van der Waals surface area (Å²) >= 11 is 0. The average Bonchev–Trinajstić information content (AvgIpc) is 2.92. The predicted molar refractivity (Wildman–Crippen MR) is 126 cm³/mol. The predicted octanol–water partition coefficient (Wildman–Crippen LogP) is 3.39. The van der Waals surface area contributed by atoms with Gasteiger partial charge in [0.15, 0.2) is 11.5 Å². The zero-order chi connectivity index (χ0) is 23.3. The van der Waals surface area contributed by atoms with E-state index in [0.29, 0.717) is 49.8 Å². The van der Waals surface area contributed by atoms with Gasteiger partial charge in [0, 0.05) is 31.7 Å². The number of ether oxygens (including phenoxy) is 3. The Morgan fingerprint density at radius 3 is 2.18 bits per heavy atom. The fourth-order valence-electron chi connectivity index (χ4n) is 4.08. The number of rotatable bonds is 5. The van der Waals surface area contributed by atoms with Gasteiger partial charge in [0.25, 0.3) is 11.8 Å². The number of benzene rings is 3. The SMILES string of the molecule is O=C(c1ccc(COc2ccccc2)cc1)N1CCN(C(=O)[C@@H]2COc3ccccc3O2)CC1. The van der Waals surface area contributed by atoms with E-state index >= 15 is 0 Å². The minimum Gasteiger partial charge on any atom is -0.489 e. The first-order valence-electron chi connectivity index (χ1n) is 11.4. The lowest BCUT2D eigenvalue weighted by molar-refractivity contribution is -0.142. The Morgan fingerprint density at radius 2 is 1.44 bits per heavy atom. The highest BCUT2D eigenvalue weighted by atomic mass is 16.6. The summed E-state index contributed by atoms with van der Waals surface area (Å²) in [6.07, 6.45) is -0.664. The lowest BCUT2D eigenvalue weighted by Crippen LogP contribution is -2.55. The van der Waals surface area contributed by atoms with E-state index in [-0.39, 0.29) is 18.4 Å². The molecule has 2 heterocycles. The Hall–Kier alpha value is -4.00. The van der Waals surface area contributed by atoms with Crippen LogP contribution in [-0.2, 0) is 11.4 Å². The Kier molecular flexibility index (Phi) is 6.33. The summed E-state index contributed by atoms with van der Waals surface area (Å²) in [5.74, 6) is 1.90. The van der Waals surface area contributed by atoms with Crippen molar-refractivity contribution in [1.29, 1.82) is 0 Å². The lowest BCUT2D eigenvalue weighted by atomic mass is 10.1. The second-order valence-corrected chi connectivity index (χ2v) is 8.28. The first kappa shape index (κ1) is 21.8. The van der Waals surface area contributed by atoms with Crippen molar-refractivity contribution in [3.05, 3.63) is 90.0 Å². The van der Waals surface area contributed by atoms with E-state index in [4.69, 9.17) is 14.2 Å². The molecule has 0 saturated carbocycles. The van der Waals surface area contributed by atoms with Gasteiger partial charge < -0.3 is 24.0 Å². The number of carbonyl (C=O) groups is 2. The summed E-state index contributed by atoms with van der Waals surface area (Å²) in [7, 11) is 0. The number of para-hydroxylation sites is 3. The molecule has 7 heteroatoms. The number of nitrogens with zero attached hydrogens (tertiary/aromatic N) is 2. The second-order valence-electron chi connectivity index (χ2n) is 8.28. The van der Waals surface area contributed by atoms with Crippen LogP contribution < -0.4 is 14.2 Å². The molecule has 5 rings (SSSR count). The van der Waals surface area contributed by atoms with Gasteiger partial charge in [-0.25, -0.2) is 0 Å². The van der Waals surface area contributed by atoms with Crippen molar-refractivity contribution in [2.24, 2.45) is 0 Å². The van der Waals surface area contributed by atoms with Crippen LogP contribution in [0.15, 0.2) is 78.9 Å². The highest BCUT2D eigenvalue weighted by molar-refractivity contribution is 5.94. The molecule has 2 amide bonds. The largest absolute Gasteiger partial charge is 0.489 e. The van der Waals surface area contributed by atoms with Crippen LogP contribution in [0.3, 0.4) is 0 Å². The number of hydrogen-bond acceptors (Lipinski definition) is 5. The first-order chi connectivity index (χ1) is 16.7. The van der Waals surface area contributed by atoms with E-state index in [1.165, 1.54) is 0 Å². The van der Waals surface area contributed by atoms with Crippen LogP contribution in [0.5, 0.6) is 17.2 Å². The third-order valence-electron chi connectivity index (χ3n) is 6.01. The summed E-state index contributed by atoms with van der Waals surface area (Å²) in [4.78, 5) is 29.4. The van der Waals surface area contributed by atoms with Gasteiger partial charge in [0.05, 0.1) is 0 Å². The Bertz CT molecular complexity index is 1140. The van der Waals surface area contributed by atoms with Crippen LogP contribution in [0.1, 0.15) is 15.9 Å². The fraction of sp³-hybridized carbons (Fsp3) is 0.259. The maximum atomic E-state index is 13.0. The minimum absolute atomic E-state index is 0.0335. The molecule has 1 atom stereocenters. The Balaban J connectivity index is 1.12. The van der Waals surface area contributed by atoms with Crippen molar-refractivity contribution in [1.82, 2.24) is 9.80 Å². The van der Waals surface area contributed by atoms with E-state index in [1.54, 1.807) is 15.9 Å². The molecule has 174 valence electrons. The van der Waals surface area contributed by atoms with Crippen LogP contribution in [0.2, 0.25) is 0 Å². The Labute approximate surface area is 198 Å². The maximum absolute atomic E-state index is 13.0. The molecule has 3 aromatic carbocycles. The van der Waals surface area contributed by atoms with Crippen molar-refractivity contribution in [2.75, 3.05) is 32.8 Å². The zero-order valence-corrected chi connectivity index (χ0v) is 18.8. The molecule has 1 fully saturated rings. The molecule has 0 unspecified atom stereocenters. The molecule has 0 aromatic heterocycles. The maximum Gasteiger partial charge on any atom is 0.267 e. The topological polar surface area (TPSA) is 68.3 Å². The number of hydrogen-bond donors (Lipinski definition) is 0. The third-order valence-corrected chi connectivity index (χ3v) is 6.01. The number of fused-ring (bicyclic) bond motifs is 1. The standard InChI is InChI=1S/C27H26N2O5/c30-26(21-12-10-20(11-13-21)18-32-22-6-2-1-3-7-22)28-14-16-29(17-15-28)27(31)25-19-33-23-8-4-5-9-24(23)34-25/h1-13,25H,14-19H2/t25-/m0/s1. The van der Waals surface area contributed by atoms with Crippen molar-refractivity contribution in [3.8, 4) is 17.2 Å². The zero-order valence-electron chi connectivity index (χ0n) is 18.8. The van der Waals surface area contributed by atoms with Gasteiger partial charge in [-0.15, -0.1) is 0 Å². The number of carbonyl (C=O) groups excluding carboxylic acids is 2. The molecule has 3 aromatic rings. The normalized spacial score (nSPS) is 17.2. The summed E-state index contributed by atoms with van der Waals surface area (Å²) in [6, 6.07) is 24.4. The molecule has 0 aliphatic carbocycles. The van der Waals surface area contributed by atoms with Gasteiger partial charge in [0.2, 0.25) is 6.10 Å². The van der Waals surface area contributed by atoms with Gasteiger partial charge in [0.1, 0.15) is 19.0 Å². The monoisotopic (exact) mass is 458 g/mol. The average molecular weight is 459 g/mol. The van der Waals surface area contributed by atoms with E-state index in [0.717, 1.165) is 11.3 Å². The molecule has 0 spiro atoms. The van der Waals surface area contributed by atoms with Crippen molar-refractivity contribution < 1.29 is 23.8 Å². The molecule has 0 bridgehead atoms. The highest BCUT2D eigenvalue weighted by Crippen LogP contribution is 2.31. The quantitative estimate of drug-likeness (QED) is 0.586. The first-order valence-corrected chi connectivity index (χ1v) is 11.4. The van der Waals surface area contributed by atoms with Gasteiger partial charge in [-0.1, -0.05) is 42.5 Å². The summed E-state index contributed by atoms with van der Waals surface area (Å²) in [5, 5.41) is 0. The molecule has 0 radical (unpaired) electrons. The smallest absolute Gasteiger partial charge is 0.267 e. The Morgan fingerprint density at radius 1 is 0.794 bits per heavy atom. The number of piperazine rings is 1. The van der Waals surface area contributed by atoms with E-state index < -0.39 is 6.10 Å². The van der Waals surface area contributed by atoms with E-state index in [2.05, 4.69) is 0 Å². The van der Waals surface area contributed by atoms with Gasteiger partial charge in [-0.3, -0.25) is 9.59 Å². The van der Waals surface area contributed by atoms with Gasteiger partial charge in [-0.05, 0) is 42.0 Å². The molecular formula is C27H26N2O5. The van der Waals surface area contributed by atoms with Crippen molar-refractivity contribution >= 4 is 11.8 Å². The van der Waals surface area contributed by atoms with Crippen LogP contribution in [0.25, 0.3) is 0 Å². The van der Waals surface area contributed by atoms with Crippen molar-refractivity contribution in [3.63, 3.8) is 0 Å². The molecule has 0 N–H and O–H groups in total. The van der Waals surface area contributed by atoms with Crippen LogP contribution in [0, 0.1) is 0 Å². The van der Waals surface area contributed by atoms with E-state index in [1.807, 2.05) is 72.8 Å². The molecule has 2 aliphatic rings. The van der Waals surface area contributed by atoms with Crippen molar-refractivity contribution in [2.45, 2.75) is 12.7 Å². The molecular weight excluding hydrogens is 432 g/mol. The van der Waals surface area contributed by atoms with Gasteiger partial charge >= 0.3 is 0 Å². The third kappa shape index (κ3) is 4.83. The van der Waals surface area contributed by atoms with Crippen LogP contribution in [0.4, 0.5) is 0 Å². The summed E-state index contributed by atoms with van der Waals surface area (Å²) in [6.45, 7) is 2.53. The molecule has 7 nitrogen and oxygen atoms in total. The molecule has 1 saturated heterocycles. The number of amides is 2. The molecule has 34 heavy (non-hydrogen) atoms. The molecule has 2 aliphatic heterocycles.